The Bertz CT molecular complexity index is 553. The average Bonchev–Trinajstić information content (AvgIpc) is 2.86. The SMILES string of the molecule is CC(C)(C)NC(=O)[C@@H]1C[C@H](O)CN1C(=O)OCc1ccccc1. The number of hydrogen-bond donors (Lipinski definition) is 2. The van der Waals surface area contributed by atoms with Crippen molar-refractivity contribution in [2.45, 2.75) is 51.5 Å². The van der Waals surface area contributed by atoms with Gasteiger partial charge in [-0.15, -0.1) is 0 Å². The Balaban J connectivity index is 1.98. The fourth-order valence-corrected chi connectivity index (χ4v) is 2.52. The fraction of sp³-hybridized carbons (Fsp3) is 0.529. The minimum absolute atomic E-state index is 0.107. The van der Waals surface area contributed by atoms with Gasteiger partial charge >= 0.3 is 6.09 Å². The number of carbonyl (C=O) groups is 2. The van der Waals surface area contributed by atoms with Crippen molar-refractivity contribution < 1.29 is 19.4 Å². The number of amides is 2. The first-order valence-corrected chi connectivity index (χ1v) is 7.73. The van der Waals surface area contributed by atoms with Gasteiger partial charge in [-0.2, -0.15) is 0 Å². The summed E-state index contributed by atoms with van der Waals surface area (Å²) in [4.78, 5) is 25.9. The van der Waals surface area contributed by atoms with Crippen LogP contribution in [0.1, 0.15) is 32.8 Å². The van der Waals surface area contributed by atoms with Crippen LogP contribution >= 0.6 is 0 Å². The molecule has 1 saturated heterocycles. The molecule has 0 unspecified atom stereocenters. The third-order valence-electron chi connectivity index (χ3n) is 3.52. The lowest BCUT2D eigenvalue weighted by atomic mass is 10.1. The van der Waals surface area contributed by atoms with E-state index in [4.69, 9.17) is 4.74 Å². The van der Waals surface area contributed by atoms with Gasteiger partial charge in [-0.1, -0.05) is 30.3 Å². The Morgan fingerprint density at radius 3 is 2.57 bits per heavy atom. The fourth-order valence-electron chi connectivity index (χ4n) is 2.52. The lowest BCUT2D eigenvalue weighted by molar-refractivity contribution is -0.126. The van der Waals surface area contributed by atoms with E-state index >= 15 is 0 Å². The van der Waals surface area contributed by atoms with Crippen LogP contribution < -0.4 is 5.32 Å². The van der Waals surface area contributed by atoms with Crippen LogP contribution in [0, 0.1) is 0 Å². The van der Waals surface area contributed by atoms with Crippen LogP contribution in [0.2, 0.25) is 0 Å². The highest BCUT2D eigenvalue weighted by Gasteiger charge is 2.40. The number of hydrogen-bond acceptors (Lipinski definition) is 4. The molecule has 0 spiro atoms. The number of β-amino-alcohol motifs (C(OH)–C–C–N with tert-alkyl or cyclic N) is 1. The molecule has 2 rings (SSSR count). The lowest BCUT2D eigenvalue weighted by Crippen LogP contribution is -2.51. The number of ether oxygens (including phenoxy) is 1. The Morgan fingerprint density at radius 1 is 1.30 bits per heavy atom. The zero-order valence-electron chi connectivity index (χ0n) is 13.8. The maximum absolute atomic E-state index is 12.3. The second-order valence-corrected chi connectivity index (χ2v) is 6.84. The van der Waals surface area contributed by atoms with E-state index in [1.165, 1.54) is 4.90 Å². The van der Waals surface area contributed by atoms with Crippen molar-refractivity contribution in [1.82, 2.24) is 10.2 Å². The van der Waals surface area contributed by atoms with Gasteiger partial charge in [0, 0.05) is 12.0 Å². The number of benzene rings is 1. The summed E-state index contributed by atoms with van der Waals surface area (Å²) < 4.78 is 5.27. The Hall–Kier alpha value is -2.08. The van der Waals surface area contributed by atoms with Crippen molar-refractivity contribution in [3.05, 3.63) is 35.9 Å². The molecule has 2 amide bonds. The highest BCUT2D eigenvalue weighted by molar-refractivity contribution is 5.86. The first kappa shape index (κ1) is 17.3. The van der Waals surface area contributed by atoms with Crippen LogP contribution in [0.5, 0.6) is 0 Å². The summed E-state index contributed by atoms with van der Waals surface area (Å²) in [5.41, 5.74) is 0.473. The molecular weight excluding hydrogens is 296 g/mol. The molecule has 0 radical (unpaired) electrons. The molecule has 2 N–H and O–H groups in total. The third-order valence-corrected chi connectivity index (χ3v) is 3.52. The molecule has 1 heterocycles. The molecule has 6 nitrogen and oxygen atoms in total. The highest BCUT2D eigenvalue weighted by atomic mass is 16.6. The molecule has 0 bridgehead atoms. The summed E-state index contributed by atoms with van der Waals surface area (Å²) in [7, 11) is 0. The molecule has 23 heavy (non-hydrogen) atoms. The van der Waals surface area contributed by atoms with Crippen molar-refractivity contribution >= 4 is 12.0 Å². The molecular formula is C17H24N2O4. The van der Waals surface area contributed by atoms with Crippen LogP contribution in [0.25, 0.3) is 0 Å². The van der Waals surface area contributed by atoms with Gasteiger partial charge < -0.3 is 15.2 Å². The standard InChI is InChI=1S/C17H24N2O4/c1-17(2,3)18-15(21)14-9-13(20)10-19(14)16(22)23-11-12-7-5-4-6-8-12/h4-8,13-14,20H,9-11H2,1-3H3,(H,18,21)/t13-,14-/m0/s1. The maximum Gasteiger partial charge on any atom is 0.410 e. The van der Waals surface area contributed by atoms with E-state index in [0.29, 0.717) is 0 Å². The van der Waals surface area contributed by atoms with Crippen molar-refractivity contribution in [3.8, 4) is 0 Å². The summed E-state index contributed by atoms with van der Waals surface area (Å²) in [6.07, 6.45) is -1.07. The summed E-state index contributed by atoms with van der Waals surface area (Å²) in [6.45, 7) is 5.85. The minimum Gasteiger partial charge on any atom is -0.445 e. The predicted molar refractivity (Wildman–Crippen MR) is 85.6 cm³/mol. The second-order valence-electron chi connectivity index (χ2n) is 6.84. The predicted octanol–water partition coefficient (Wildman–Crippen LogP) is 1.67. The van der Waals surface area contributed by atoms with Gasteiger partial charge in [-0.25, -0.2) is 4.79 Å². The summed E-state index contributed by atoms with van der Waals surface area (Å²) >= 11 is 0. The number of nitrogens with zero attached hydrogens (tertiary/aromatic N) is 1. The second kappa shape index (κ2) is 7.00. The lowest BCUT2D eigenvalue weighted by Gasteiger charge is -2.27. The molecule has 2 atom stereocenters. The minimum atomic E-state index is -0.713. The van der Waals surface area contributed by atoms with Gasteiger partial charge in [0.1, 0.15) is 12.6 Å². The molecule has 1 aromatic carbocycles. The third kappa shape index (κ3) is 4.96. The molecule has 1 aromatic rings. The Labute approximate surface area is 136 Å². The molecule has 126 valence electrons. The van der Waals surface area contributed by atoms with Crippen LogP contribution in [0.15, 0.2) is 30.3 Å². The molecule has 1 aliphatic heterocycles. The van der Waals surface area contributed by atoms with Crippen LogP contribution in [0.4, 0.5) is 4.79 Å². The summed E-state index contributed by atoms with van der Waals surface area (Å²) in [6, 6.07) is 8.62. The van der Waals surface area contributed by atoms with Gasteiger partial charge in [0.15, 0.2) is 0 Å². The first-order valence-electron chi connectivity index (χ1n) is 7.73. The Morgan fingerprint density at radius 2 is 1.96 bits per heavy atom. The smallest absolute Gasteiger partial charge is 0.410 e. The first-order chi connectivity index (χ1) is 10.8. The molecule has 1 aliphatic rings. The van der Waals surface area contributed by atoms with Crippen molar-refractivity contribution in [3.63, 3.8) is 0 Å². The zero-order valence-corrected chi connectivity index (χ0v) is 13.8. The quantitative estimate of drug-likeness (QED) is 0.888. The number of aliphatic hydroxyl groups is 1. The van der Waals surface area contributed by atoms with E-state index in [9.17, 15) is 14.7 Å². The number of nitrogens with one attached hydrogen (secondary N) is 1. The van der Waals surface area contributed by atoms with E-state index in [0.717, 1.165) is 5.56 Å². The van der Waals surface area contributed by atoms with E-state index in [2.05, 4.69) is 5.32 Å². The molecule has 6 heteroatoms. The van der Waals surface area contributed by atoms with Crippen molar-refractivity contribution in [1.29, 1.82) is 0 Å². The van der Waals surface area contributed by atoms with E-state index < -0.39 is 23.8 Å². The monoisotopic (exact) mass is 320 g/mol. The van der Waals surface area contributed by atoms with E-state index in [-0.39, 0.29) is 25.5 Å². The Kier molecular flexibility index (Phi) is 5.26. The average molecular weight is 320 g/mol. The number of likely N-dealkylation sites (tertiary alicyclic amines) is 1. The van der Waals surface area contributed by atoms with Gasteiger partial charge in [0.05, 0.1) is 12.6 Å². The highest BCUT2D eigenvalue weighted by Crippen LogP contribution is 2.20. The van der Waals surface area contributed by atoms with Gasteiger partial charge in [0.2, 0.25) is 5.91 Å². The number of aliphatic hydroxyl groups excluding tert-OH is 1. The zero-order chi connectivity index (χ0) is 17.0. The van der Waals surface area contributed by atoms with Crippen LogP contribution in [0.3, 0.4) is 0 Å². The molecule has 0 saturated carbocycles. The topological polar surface area (TPSA) is 78.9 Å². The van der Waals surface area contributed by atoms with Gasteiger partial charge in [-0.05, 0) is 26.3 Å². The molecule has 0 aliphatic carbocycles. The maximum atomic E-state index is 12.3. The summed E-state index contributed by atoms with van der Waals surface area (Å²) in [5, 5.41) is 12.7. The largest absolute Gasteiger partial charge is 0.445 e. The molecule has 0 aromatic heterocycles. The van der Waals surface area contributed by atoms with E-state index in [1.807, 2.05) is 51.1 Å². The van der Waals surface area contributed by atoms with Crippen LogP contribution in [-0.2, 0) is 16.1 Å². The van der Waals surface area contributed by atoms with Gasteiger partial charge in [-0.3, -0.25) is 9.69 Å². The number of rotatable bonds is 3. The van der Waals surface area contributed by atoms with E-state index in [1.54, 1.807) is 0 Å². The number of carbonyl (C=O) groups excluding carboxylic acids is 2. The van der Waals surface area contributed by atoms with Crippen molar-refractivity contribution in [2.24, 2.45) is 0 Å². The van der Waals surface area contributed by atoms with Gasteiger partial charge in [0.25, 0.3) is 0 Å². The van der Waals surface area contributed by atoms with Crippen LogP contribution in [-0.4, -0.2) is 46.2 Å². The van der Waals surface area contributed by atoms with Crippen molar-refractivity contribution in [2.75, 3.05) is 6.54 Å². The normalized spacial score (nSPS) is 21.1. The summed E-state index contributed by atoms with van der Waals surface area (Å²) in [5.74, 6) is -0.272. The molecule has 1 fully saturated rings.